The van der Waals surface area contributed by atoms with Crippen molar-refractivity contribution in [2.75, 3.05) is 13.2 Å². The lowest BCUT2D eigenvalue weighted by Crippen LogP contribution is -2.39. The molecule has 32 heavy (non-hydrogen) atoms. The fourth-order valence-corrected chi connectivity index (χ4v) is 4.86. The highest BCUT2D eigenvalue weighted by molar-refractivity contribution is 6.30. The van der Waals surface area contributed by atoms with E-state index in [2.05, 4.69) is 10.2 Å². The Labute approximate surface area is 200 Å². The fourth-order valence-electron chi connectivity index (χ4n) is 4.54. The molecule has 0 spiro atoms. The number of carbonyl (C=O) groups excluding carboxylic acids is 1. The minimum atomic E-state index is -0.293. The van der Waals surface area contributed by atoms with Crippen molar-refractivity contribution in [3.63, 3.8) is 0 Å². The maximum atomic E-state index is 12.3. The number of rotatable bonds is 7. The van der Waals surface area contributed by atoms with Crippen molar-refractivity contribution in [2.45, 2.75) is 63.6 Å². The molecule has 2 aliphatic rings. The van der Waals surface area contributed by atoms with E-state index >= 15 is 0 Å². The molecule has 0 aromatic heterocycles. The van der Waals surface area contributed by atoms with Crippen molar-refractivity contribution in [3.05, 3.63) is 58.1 Å². The topological polar surface area (TPSA) is 50.8 Å². The van der Waals surface area contributed by atoms with Crippen molar-refractivity contribution in [2.24, 2.45) is 0 Å². The summed E-state index contributed by atoms with van der Waals surface area (Å²) in [6.07, 6.45) is 7.52. The summed E-state index contributed by atoms with van der Waals surface area (Å²) in [6.45, 7) is 2.03. The predicted molar refractivity (Wildman–Crippen MR) is 128 cm³/mol. The van der Waals surface area contributed by atoms with Crippen LogP contribution in [-0.2, 0) is 11.3 Å². The number of hydrogen-bond donors (Lipinski definition) is 1. The number of ether oxygens (including phenoxy) is 2. The molecule has 1 heterocycles. The molecule has 2 fully saturated rings. The van der Waals surface area contributed by atoms with E-state index < -0.39 is 0 Å². The summed E-state index contributed by atoms with van der Waals surface area (Å²) >= 11 is 12.3. The third-order valence-corrected chi connectivity index (χ3v) is 6.76. The van der Waals surface area contributed by atoms with Gasteiger partial charge < -0.3 is 14.8 Å². The lowest BCUT2D eigenvalue weighted by Gasteiger charge is -2.26. The number of hydrogen-bond acceptors (Lipinski definition) is 4. The number of alkyl carbamates (subject to hydrolysis) is 1. The molecule has 1 N–H and O–H groups in total. The molecule has 2 aromatic carbocycles. The summed E-state index contributed by atoms with van der Waals surface area (Å²) in [5.41, 5.74) is 1.01. The van der Waals surface area contributed by atoms with Crippen LogP contribution in [0.4, 0.5) is 4.79 Å². The lowest BCUT2D eigenvalue weighted by atomic mass is 9.96. The molecule has 0 bridgehead atoms. The highest BCUT2D eigenvalue weighted by Crippen LogP contribution is 2.31. The summed E-state index contributed by atoms with van der Waals surface area (Å²) in [4.78, 5) is 14.6. The normalized spacial score (nSPS) is 19.6. The zero-order valence-electron chi connectivity index (χ0n) is 18.2. The molecule has 7 heteroatoms. The van der Waals surface area contributed by atoms with Crippen LogP contribution >= 0.6 is 23.2 Å². The molecule has 5 nitrogen and oxygen atoms in total. The Balaban J connectivity index is 1.35. The maximum absolute atomic E-state index is 12.3. The van der Waals surface area contributed by atoms with Crippen molar-refractivity contribution in [1.82, 2.24) is 10.2 Å². The molecular weight excluding hydrogens is 447 g/mol. The largest absolute Gasteiger partial charge is 0.457 e. The second kappa shape index (κ2) is 11.3. The van der Waals surface area contributed by atoms with Gasteiger partial charge in [0, 0.05) is 34.2 Å². The van der Waals surface area contributed by atoms with E-state index in [0.29, 0.717) is 23.2 Å². The van der Waals surface area contributed by atoms with E-state index in [1.165, 1.54) is 19.3 Å². The Morgan fingerprint density at radius 1 is 0.969 bits per heavy atom. The van der Waals surface area contributed by atoms with Crippen molar-refractivity contribution in [1.29, 1.82) is 0 Å². The van der Waals surface area contributed by atoms with Gasteiger partial charge in [-0.1, -0.05) is 42.5 Å². The molecule has 0 radical (unpaired) electrons. The van der Waals surface area contributed by atoms with Gasteiger partial charge in [-0.05, 0) is 74.7 Å². The molecule has 1 aliphatic carbocycles. The van der Waals surface area contributed by atoms with Crippen molar-refractivity contribution < 1.29 is 14.3 Å². The molecule has 4 rings (SSSR count). The van der Waals surface area contributed by atoms with Crippen LogP contribution in [0.25, 0.3) is 0 Å². The average Bonchev–Trinajstić information content (AvgIpc) is 3.23. The first-order valence-corrected chi connectivity index (χ1v) is 12.2. The number of carbonyl (C=O) groups is 1. The van der Waals surface area contributed by atoms with E-state index in [1.807, 2.05) is 30.3 Å². The molecule has 1 aliphatic heterocycles. The number of nitrogens with zero attached hydrogens (tertiary/aromatic N) is 1. The zero-order chi connectivity index (χ0) is 22.3. The third-order valence-electron chi connectivity index (χ3n) is 6.27. The molecular formula is C25H30Cl2N2O3. The quantitative estimate of drug-likeness (QED) is 0.476. The first kappa shape index (κ1) is 23.2. The average molecular weight is 477 g/mol. The van der Waals surface area contributed by atoms with Gasteiger partial charge in [0.1, 0.15) is 18.1 Å². The third kappa shape index (κ3) is 6.53. The number of amides is 1. The molecule has 1 unspecified atom stereocenters. The van der Waals surface area contributed by atoms with Gasteiger partial charge >= 0.3 is 6.09 Å². The van der Waals surface area contributed by atoms with Gasteiger partial charge in [-0.2, -0.15) is 0 Å². The van der Waals surface area contributed by atoms with Gasteiger partial charge in [0.15, 0.2) is 0 Å². The Morgan fingerprint density at radius 2 is 1.72 bits per heavy atom. The van der Waals surface area contributed by atoms with Gasteiger partial charge in [-0.15, -0.1) is 0 Å². The second-order valence-corrected chi connectivity index (χ2v) is 9.53. The van der Waals surface area contributed by atoms with E-state index in [9.17, 15) is 4.79 Å². The Morgan fingerprint density at radius 3 is 2.50 bits per heavy atom. The lowest BCUT2D eigenvalue weighted by molar-refractivity contribution is 0.100. The Bertz CT molecular complexity index is 901. The smallest absolute Gasteiger partial charge is 0.407 e. The first-order valence-electron chi connectivity index (χ1n) is 11.5. The van der Waals surface area contributed by atoms with Crippen LogP contribution in [0.1, 0.15) is 50.5 Å². The number of nitrogens with one attached hydrogen (secondary N) is 1. The summed E-state index contributed by atoms with van der Waals surface area (Å²) in [6, 6.07) is 13.4. The summed E-state index contributed by atoms with van der Waals surface area (Å²) in [5, 5.41) is 4.37. The number of benzene rings is 2. The van der Waals surface area contributed by atoms with Crippen LogP contribution < -0.4 is 10.1 Å². The van der Waals surface area contributed by atoms with E-state index in [-0.39, 0.29) is 18.2 Å². The first-order chi connectivity index (χ1) is 15.6. The summed E-state index contributed by atoms with van der Waals surface area (Å²) in [5.74, 6) is 1.48. The monoisotopic (exact) mass is 476 g/mol. The number of likely N-dealkylation sites (tertiary alicyclic amines) is 1. The van der Waals surface area contributed by atoms with Crippen LogP contribution in [0.5, 0.6) is 11.5 Å². The fraction of sp³-hybridized carbons (Fsp3) is 0.480. The van der Waals surface area contributed by atoms with Gasteiger partial charge in [0.05, 0.1) is 0 Å². The van der Waals surface area contributed by atoms with E-state index in [0.717, 1.165) is 49.3 Å². The van der Waals surface area contributed by atoms with Crippen LogP contribution in [0.3, 0.4) is 0 Å². The molecule has 1 atom stereocenters. The van der Waals surface area contributed by atoms with E-state index in [1.54, 1.807) is 12.1 Å². The SMILES string of the molecule is O=C(NC1CCCCC1)OCC1CCCN1Cc1cc(Cl)ccc1Oc1ccc(Cl)cc1. The molecule has 1 saturated heterocycles. The predicted octanol–water partition coefficient (Wildman–Crippen LogP) is 6.81. The summed E-state index contributed by atoms with van der Waals surface area (Å²) < 4.78 is 11.7. The van der Waals surface area contributed by atoms with Crippen LogP contribution in [0.15, 0.2) is 42.5 Å². The van der Waals surface area contributed by atoms with Gasteiger partial charge in [0.25, 0.3) is 0 Å². The minimum Gasteiger partial charge on any atom is -0.457 e. The molecule has 1 amide bonds. The van der Waals surface area contributed by atoms with Crippen LogP contribution in [0, 0.1) is 0 Å². The van der Waals surface area contributed by atoms with Crippen molar-refractivity contribution in [3.8, 4) is 11.5 Å². The maximum Gasteiger partial charge on any atom is 0.407 e. The molecule has 2 aromatic rings. The molecule has 172 valence electrons. The standard InChI is InChI=1S/C25H30Cl2N2O3/c26-19-8-11-23(12-9-19)32-24-13-10-20(27)15-18(24)16-29-14-4-7-22(29)17-31-25(30)28-21-5-2-1-3-6-21/h8-13,15,21-22H,1-7,14,16-17H2,(H,28,30). The van der Waals surface area contributed by atoms with Crippen molar-refractivity contribution >= 4 is 29.3 Å². The highest BCUT2D eigenvalue weighted by atomic mass is 35.5. The van der Waals surface area contributed by atoms with Crippen LogP contribution in [-0.4, -0.2) is 36.2 Å². The molecule has 1 saturated carbocycles. The van der Waals surface area contributed by atoms with Gasteiger partial charge in [-0.3, -0.25) is 4.90 Å². The van der Waals surface area contributed by atoms with Gasteiger partial charge in [0.2, 0.25) is 0 Å². The number of halogens is 2. The second-order valence-electron chi connectivity index (χ2n) is 8.65. The Hall–Kier alpha value is -1.95. The minimum absolute atomic E-state index is 0.189. The van der Waals surface area contributed by atoms with Crippen LogP contribution in [0.2, 0.25) is 10.0 Å². The summed E-state index contributed by atoms with van der Waals surface area (Å²) in [7, 11) is 0. The van der Waals surface area contributed by atoms with Gasteiger partial charge in [-0.25, -0.2) is 4.79 Å². The zero-order valence-corrected chi connectivity index (χ0v) is 19.7. The Kier molecular flexibility index (Phi) is 8.17. The van der Waals surface area contributed by atoms with E-state index in [4.69, 9.17) is 32.7 Å². The highest BCUT2D eigenvalue weighted by Gasteiger charge is 2.27.